The lowest BCUT2D eigenvalue weighted by Crippen LogP contribution is -2.30. The number of nitrogens with one attached hydrogen (secondary N) is 2. The molecule has 1 amide bonds. The Morgan fingerprint density at radius 3 is 2.42 bits per heavy atom. The Balaban J connectivity index is 2.14. The van der Waals surface area contributed by atoms with Gasteiger partial charge < -0.3 is 19.8 Å². The van der Waals surface area contributed by atoms with Crippen molar-refractivity contribution in [3.05, 3.63) is 51.3 Å². The van der Waals surface area contributed by atoms with Gasteiger partial charge in [0.1, 0.15) is 5.69 Å². The number of halogens is 4. The van der Waals surface area contributed by atoms with Crippen LogP contribution in [0.2, 0.25) is 5.02 Å². The third kappa shape index (κ3) is 5.57. The molecule has 0 radical (unpaired) electrons. The van der Waals surface area contributed by atoms with Crippen molar-refractivity contribution in [2.75, 3.05) is 11.9 Å². The second-order valence-corrected chi connectivity index (χ2v) is 6.98. The Kier molecular flexibility index (Phi) is 7.37. The number of amides is 1. The summed E-state index contributed by atoms with van der Waals surface area (Å²) >= 11 is 5.55. The molecule has 168 valence electrons. The third-order valence-electron chi connectivity index (χ3n) is 4.31. The highest BCUT2D eigenvalue weighted by molar-refractivity contribution is 6.31. The highest BCUT2D eigenvalue weighted by atomic mass is 35.5. The second kappa shape index (κ2) is 9.42. The normalized spacial score (nSPS) is 12.3. The van der Waals surface area contributed by atoms with Crippen LogP contribution in [0.4, 0.5) is 18.9 Å². The molecule has 1 atom stereocenters. The molecule has 2 aromatic rings. The summed E-state index contributed by atoms with van der Waals surface area (Å²) in [6.45, 7) is 6.11. The Morgan fingerprint density at radius 2 is 1.84 bits per heavy atom. The molecule has 1 aromatic heterocycles. The van der Waals surface area contributed by atoms with Crippen molar-refractivity contribution in [2.24, 2.45) is 0 Å². The quantitative estimate of drug-likeness (QED) is 0.611. The van der Waals surface area contributed by atoms with Crippen molar-refractivity contribution in [1.82, 2.24) is 4.98 Å². The van der Waals surface area contributed by atoms with Gasteiger partial charge in [0.25, 0.3) is 5.91 Å². The molecule has 31 heavy (non-hydrogen) atoms. The minimum absolute atomic E-state index is 0.0635. The number of carbonyl (C=O) groups is 3. The van der Waals surface area contributed by atoms with E-state index in [1.54, 1.807) is 13.8 Å². The molecule has 7 nitrogen and oxygen atoms in total. The first kappa shape index (κ1) is 24.3. The zero-order valence-electron chi connectivity index (χ0n) is 17.1. The number of ether oxygens (including phenoxy) is 2. The summed E-state index contributed by atoms with van der Waals surface area (Å²) in [7, 11) is 0. The van der Waals surface area contributed by atoms with Gasteiger partial charge in [0, 0.05) is 11.4 Å². The lowest BCUT2D eigenvalue weighted by Gasteiger charge is -2.15. The fourth-order valence-corrected chi connectivity index (χ4v) is 3.03. The third-order valence-corrected chi connectivity index (χ3v) is 4.64. The first-order valence-electron chi connectivity index (χ1n) is 9.11. The van der Waals surface area contributed by atoms with E-state index in [0.29, 0.717) is 17.3 Å². The molecular formula is C20H20ClF3N2O5. The summed E-state index contributed by atoms with van der Waals surface area (Å²) in [5.41, 5.74) is -0.491. The molecule has 1 heterocycles. The summed E-state index contributed by atoms with van der Waals surface area (Å²) in [4.78, 5) is 39.5. The molecule has 0 unspecified atom stereocenters. The average Bonchev–Trinajstić information content (AvgIpc) is 2.96. The van der Waals surface area contributed by atoms with Crippen LogP contribution in [0.1, 0.15) is 51.5 Å². The van der Waals surface area contributed by atoms with Crippen LogP contribution in [-0.4, -0.2) is 35.5 Å². The molecular weight excluding hydrogens is 441 g/mol. The molecule has 11 heteroatoms. The molecule has 0 saturated heterocycles. The van der Waals surface area contributed by atoms with Gasteiger partial charge in [-0.3, -0.25) is 4.79 Å². The lowest BCUT2D eigenvalue weighted by atomic mass is 10.1. The van der Waals surface area contributed by atoms with E-state index in [1.165, 1.54) is 19.9 Å². The van der Waals surface area contributed by atoms with Crippen LogP contribution in [-0.2, 0) is 20.4 Å². The molecule has 1 aromatic carbocycles. The molecule has 0 fully saturated rings. The number of esters is 2. The Labute approximate surface area is 180 Å². The minimum Gasteiger partial charge on any atom is -0.461 e. The number of alkyl halides is 3. The predicted molar refractivity (Wildman–Crippen MR) is 106 cm³/mol. The Morgan fingerprint density at radius 1 is 1.19 bits per heavy atom. The molecule has 0 aliphatic rings. The van der Waals surface area contributed by atoms with Crippen LogP contribution in [0.3, 0.4) is 0 Å². The van der Waals surface area contributed by atoms with Crippen molar-refractivity contribution < 1.29 is 37.0 Å². The van der Waals surface area contributed by atoms with Crippen molar-refractivity contribution in [2.45, 2.75) is 40.0 Å². The van der Waals surface area contributed by atoms with Gasteiger partial charge in [-0.25, -0.2) is 9.59 Å². The largest absolute Gasteiger partial charge is 0.461 e. The fourth-order valence-electron chi connectivity index (χ4n) is 2.80. The van der Waals surface area contributed by atoms with Gasteiger partial charge in [-0.2, -0.15) is 13.2 Å². The minimum atomic E-state index is -4.70. The number of H-pyrrole nitrogens is 1. The van der Waals surface area contributed by atoms with Crippen molar-refractivity contribution in [1.29, 1.82) is 0 Å². The van der Waals surface area contributed by atoms with Gasteiger partial charge in [0.2, 0.25) is 0 Å². The molecule has 0 spiro atoms. The monoisotopic (exact) mass is 460 g/mol. The standard InChI is InChI=1S/C20H20ClF3N2O5/c1-5-30-19(29)16-9(2)15(10(3)25-16)18(28)31-11(4)17(27)26-12-6-7-14(21)13(8-12)20(22,23)24/h6-8,11,25H,5H2,1-4H3,(H,26,27)/t11-/m0/s1. The number of rotatable bonds is 6. The smallest absolute Gasteiger partial charge is 0.417 e. The molecule has 0 bridgehead atoms. The summed E-state index contributed by atoms with van der Waals surface area (Å²) < 4.78 is 48.9. The number of hydrogen-bond donors (Lipinski definition) is 2. The number of aromatic amines is 1. The number of benzene rings is 1. The molecule has 2 rings (SSSR count). The fraction of sp³-hybridized carbons (Fsp3) is 0.350. The summed E-state index contributed by atoms with van der Waals surface area (Å²) in [6.07, 6.45) is -6.03. The van der Waals surface area contributed by atoms with E-state index in [9.17, 15) is 27.6 Å². The van der Waals surface area contributed by atoms with E-state index < -0.39 is 40.7 Å². The van der Waals surface area contributed by atoms with Gasteiger partial charge in [-0.05, 0) is 51.5 Å². The van der Waals surface area contributed by atoms with E-state index in [4.69, 9.17) is 21.1 Å². The van der Waals surface area contributed by atoms with Gasteiger partial charge in [0.15, 0.2) is 6.10 Å². The van der Waals surface area contributed by atoms with E-state index in [1.807, 2.05) is 0 Å². The van der Waals surface area contributed by atoms with Crippen LogP contribution < -0.4 is 5.32 Å². The Hall–Kier alpha value is -3.01. The molecule has 0 aliphatic carbocycles. The zero-order chi connectivity index (χ0) is 23.5. The van der Waals surface area contributed by atoms with Crippen LogP contribution in [0.25, 0.3) is 0 Å². The van der Waals surface area contributed by atoms with E-state index >= 15 is 0 Å². The second-order valence-electron chi connectivity index (χ2n) is 6.57. The summed E-state index contributed by atoms with van der Waals surface area (Å²) in [5.74, 6) is -2.37. The molecule has 2 N–H and O–H groups in total. The van der Waals surface area contributed by atoms with Crippen molar-refractivity contribution in [3.8, 4) is 0 Å². The zero-order valence-corrected chi connectivity index (χ0v) is 17.8. The maximum Gasteiger partial charge on any atom is 0.417 e. The number of aryl methyl sites for hydroxylation is 1. The summed E-state index contributed by atoms with van der Waals surface area (Å²) in [5, 5.41) is 1.74. The van der Waals surface area contributed by atoms with Crippen molar-refractivity contribution >= 4 is 35.1 Å². The first-order chi connectivity index (χ1) is 14.4. The number of anilines is 1. The average molecular weight is 461 g/mol. The maximum absolute atomic E-state index is 13.0. The lowest BCUT2D eigenvalue weighted by molar-refractivity contribution is -0.137. The predicted octanol–water partition coefficient (Wildman–Crippen LogP) is 4.66. The topological polar surface area (TPSA) is 97.5 Å². The first-order valence-corrected chi connectivity index (χ1v) is 9.49. The van der Waals surface area contributed by atoms with Crippen molar-refractivity contribution in [3.63, 3.8) is 0 Å². The van der Waals surface area contributed by atoms with E-state index in [-0.39, 0.29) is 23.6 Å². The van der Waals surface area contributed by atoms with Crippen LogP contribution in [0.5, 0.6) is 0 Å². The van der Waals surface area contributed by atoms with Gasteiger partial charge in [-0.15, -0.1) is 0 Å². The van der Waals surface area contributed by atoms with Crippen LogP contribution >= 0.6 is 11.6 Å². The van der Waals surface area contributed by atoms with Crippen LogP contribution in [0, 0.1) is 13.8 Å². The van der Waals surface area contributed by atoms with E-state index in [0.717, 1.165) is 6.07 Å². The van der Waals surface area contributed by atoms with Crippen LogP contribution in [0.15, 0.2) is 18.2 Å². The molecule has 0 saturated carbocycles. The van der Waals surface area contributed by atoms with E-state index in [2.05, 4.69) is 10.3 Å². The number of carbonyl (C=O) groups excluding carboxylic acids is 3. The summed E-state index contributed by atoms with van der Waals surface area (Å²) in [6, 6.07) is 2.87. The maximum atomic E-state index is 13.0. The Bertz CT molecular complexity index is 1020. The highest BCUT2D eigenvalue weighted by Gasteiger charge is 2.34. The SMILES string of the molecule is CCOC(=O)c1[nH]c(C)c(C(=O)O[C@@H](C)C(=O)Nc2ccc(Cl)c(C(F)(F)F)c2)c1C. The van der Waals surface area contributed by atoms with Gasteiger partial charge in [0.05, 0.1) is 22.8 Å². The van der Waals surface area contributed by atoms with Gasteiger partial charge >= 0.3 is 18.1 Å². The number of aromatic nitrogens is 1. The molecule has 0 aliphatic heterocycles. The van der Waals surface area contributed by atoms with Gasteiger partial charge in [-0.1, -0.05) is 11.6 Å². The highest BCUT2D eigenvalue weighted by Crippen LogP contribution is 2.36. The number of hydrogen-bond acceptors (Lipinski definition) is 5.